The summed E-state index contributed by atoms with van der Waals surface area (Å²) in [6.07, 6.45) is 0.164. The van der Waals surface area contributed by atoms with Crippen LogP contribution in [0.25, 0.3) is 11.1 Å². The molecule has 2 atom stereocenters. The molecule has 0 bridgehead atoms. The second kappa shape index (κ2) is 11.0. The third kappa shape index (κ3) is 7.46. The van der Waals surface area contributed by atoms with E-state index in [-0.39, 0.29) is 30.2 Å². The highest BCUT2D eigenvalue weighted by Crippen LogP contribution is 2.21. The van der Waals surface area contributed by atoms with Gasteiger partial charge in [-0.2, -0.15) is 0 Å². The van der Waals surface area contributed by atoms with Crippen molar-refractivity contribution >= 4 is 22.0 Å². The number of hydrogen-bond acceptors (Lipinski definition) is 5. The Balaban J connectivity index is 1.99. The molecule has 0 aliphatic heterocycles. The van der Waals surface area contributed by atoms with Crippen molar-refractivity contribution in [1.82, 2.24) is 10.0 Å². The minimum Gasteiger partial charge on any atom is -0.480 e. The minimum atomic E-state index is -3.83. The fourth-order valence-electron chi connectivity index (χ4n) is 3.11. The average Bonchev–Trinajstić information content (AvgIpc) is 2.72. The molecule has 0 aromatic heterocycles. The Labute approximate surface area is 182 Å². The van der Waals surface area contributed by atoms with Gasteiger partial charge in [0.25, 0.3) is 0 Å². The van der Waals surface area contributed by atoms with Crippen LogP contribution in [0, 0.1) is 5.92 Å². The molecule has 4 N–H and O–H groups in total. The molecule has 2 unspecified atom stereocenters. The lowest BCUT2D eigenvalue weighted by atomic mass is 10.0. The molecule has 0 saturated carbocycles. The standard InChI is InChI=1S/C22H28N2O6S/c1-15(2)14-20(22(27)28)24-19(21(25)26)12-13-23-31(29,30)18-10-8-17(9-11-18)16-6-4-3-5-7-16/h3-11,15,19-20,23-24H,12-14H2,1-2H3,(H,25,26)(H,27,28). The topological polar surface area (TPSA) is 133 Å². The summed E-state index contributed by atoms with van der Waals surface area (Å²) in [7, 11) is -3.83. The zero-order valence-electron chi connectivity index (χ0n) is 17.5. The van der Waals surface area contributed by atoms with E-state index in [1.54, 1.807) is 12.1 Å². The van der Waals surface area contributed by atoms with Crippen molar-refractivity contribution in [2.75, 3.05) is 6.54 Å². The Bertz CT molecular complexity index is 975. The van der Waals surface area contributed by atoms with Crippen LogP contribution in [0.3, 0.4) is 0 Å². The van der Waals surface area contributed by atoms with Gasteiger partial charge in [0.1, 0.15) is 12.1 Å². The first-order valence-electron chi connectivity index (χ1n) is 9.97. The number of hydrogen-bond donors (Lipinski definition) is 4. The van der Waals surface area contributed by atoms with Gasteiger partial charge in [0, 0.05) is 6.54 Å². The van der Waals surface area contributed by atoms with Crippen molar-refractivity contribution < 1.29 is 28.2 Å². The third-order valence-corrected chi connectivity index (χ3v) is 6.18. The smallest absolute Gasteiger partial charge is 0.320 e. The van der Waals surface area contributed by atoms with Gasteiger partial charge in [-0.25, -0.2) is 13.1 Å². The van der Waals surface area contributed by atoms with Crippen molar-refractivity contribution in [3.8, 4) is 11.1 Å². The van der Waals surface area contributed by atoms with Crippen LogP contribution in [0.1, 0.15) is 26.7 Å². The summed E-state index contributed by atoms with van der Waals surface area (Å²) < 4.78 is 27.5. The van der Waals surface area contributed by atoms with Gasteiger partial charge in [0.05, 0.1) is 4.90 Å². The summed E-state index contributed by atoms with van der Waals surface area (Å²) >= 11 is 0. The van der Waals surface area contributed by atoms with Crippen LogP contribution in [0.15, 0.2) is 59.5 Å². The predicted octanol–water partition coefficient (Wildman–Crippen LogP) is 2.56. The monoisotopic (exact) mass is 448 g/mol. The van der Waals surface area contributed by atoms with E-state index in [0.29, 0.717) is 0 Å². The molecule has 2 rings (SSSR count). The molecule has 31 heavy (non-hydrogen) atoms. The molecule has 0 fully saturated rings. The zero-order chi connectivity index (χ0) is 23.0. The van der Waals surface area contributed by atoms with Crippen molar-refractivity contribution in [2.45, 2.75) is 43.7 Å². The van der Waals surface area contributed by atoms with E-state index in [4.69, 9.17) is 0 Å². The van der Waals surface area contributed by atoms with Crippen LogP contribution in [-0.2, 0) is 19.6 Å². The zero-order valence-corrected chi connectivity index (χ0v) is 18.3. The van der Waals surface area contributed by atoms with E-state index in [1.807, 2.05) is 44.2 Å². The summed E-state index contributed by atoms with van der Waals surface area (Å²) in [5.41, 5.74) is 1.84. The molecule has 8 nitrogen and oxygen atoms in total. The number of nitrogens with one attached hydrogen (secondary N) is 2. The summed E-state index contributed by atoms with van der Waals surface area (Å²) in [4.78, 5) is 22.9. The van der Waals surface area contributed by atoms with Gasteiger partial charge < -0.3 is 10.2 Å². The summed E-state index contributed by atoms with van der Waals surface area (Å²) in [5.74, 6) is -2.32. The van der Waals surface area contributed by atoms with Gasteiger partial charge in [0.15, 0.2) is 0 Å². The molecule has 0 radical (unpaired) electrons. The fraction of sp³-hybridized carbons (Fsp3) is 0.364. The van der Waals surface area contributed by atoms with E-state index in [1.165, 1.54) is 12.1 Å². The highest BCUT2D eigenvalue weighted by atomic mass is 32.2. The molecular weight excluding hydrogens is 420 g/mol. The Hall–Kier alpha value is -2.75. The van der Waals surface area contributed by atoms with Gasteiger partial charge in [-0.05, 0) is 42.0 Å². The maximum atomic E-state index is 12.5. The number of aliphatic carboxylic acids is 2. The summed E-state index contributed by atoms with van der Waals surface area (Å²) in [6, 6.07) is 13.7. The van der Waals surface area contributed by atoms with Crippen molar-refractivity contribution in [2.24, 2.45) is 5.92 Å². The van der Waals surface area contributed by atoms with Gasteiger partial charge in [-0.1, -0.05) is 56.3 Å². The highest BCUT2D eigenvalue weighted by molar-refractivity contribution is 7.89. The molecule has 0 aliphatic carbocycles. The summed E-state index contributed by atoms with van der Waals surface area (Å²) in [6.45, 7) is 3.52. The average molecular weight is 449 g/mol. The number of carbonyl (C=O) groups is 2. The Morgan fingerprint density at radius 2 is 1.42 bits per heavy atom. The van der Waals surface area contributed by atoms with Crippen LogP contribution in [-0.4, -0.2) is 49.2 Å². The number of carboxylic acids is 2. The molecule has 0 saturated heterocycles. The van der Waals surface area contributed by atoms with Gasteiger partial charge >= 0.3 is 11.9 Å². The maximum absolute atomic E-state index is 12.5. The number of benzene rings is 2. The second-order valence-electron chi connectivity index (χ2n) is 7.65. The number of sulfonamides is 1. The van der Waals surface area contributed by atoms with Gasteiger partial charge in [0.2, 0.25) is 10.0 Å². The Morgan fingerprint density at radius 1 is 0.871 bits per heavy atom. The van der Waals surface area contributed by atoms with Crippen LogP contribution in [0.5, 0.6) is 0 Å². The minimum absolute atomic E-state index is 0.0559. The third-order valence-electron chi connectivity index (χ3n) is 4.70. The molecule has 9 heteroatoms. The molecule has 2 aromatic carbocycles. The molecule has 0 amide bonds. The van der Waals surface area contributed by atoms with Crippen molar-refractivity contribution in [1.29, 1.82) is 0 Å². The molecule has 0 aliphatic rings. The van der Waals surface area contributed by atoms with Crippen LogP contribution < -0.4 is 10.0 Å². The Morgan fingerprint density at radius 3 is 1.94 bits per heavy atom. The molecule has 168 valence electrons. The molecule has 0 heterocycles. The van der Waals surface area contributed by atoms with Gasteiger partial charge in [-0.3, -0.25) is 14.9 Å². The predicted molar refractivity (Wildman–Crippen MR) is 117 cm³/mol. The van der Waals surface area contributed by atoms with Crippen LogP contribution in [0.2, 0.25) is 0 Å². The maximum Gasteiger partial charge on any atom is 0.320 e. The summed E-state index contributed by atoms with van der Waals surface area (Å²) in [5, 5.41) is 21.3. The lowest BCUT2D eigenvalue weighted by Crippen LogP contribution is -2.48. The fourth-order valence-corrected chi connectivity index (χ4v) is 4.16. The van der Waals surface area contributed by atoms with E-state index in [9.17, 15) is 28.2 Å². The first-order chi connectivity index (χ1) is 14.6. The first kappa shape index (κ1) is 24.5. The lowest BCUT2D eigenvalue weighted by molar-refractivity contribution is -0.143. The Kier molecular flexibility index (Phi) is 8.73. The number of carboxylic acid groups (broad SMARTS) is 2. The normalized spacial score (nSPS) is 13.6. The number of rotatable bonds is 12. The van der Waals surface area contributed by atoms with E-state index in [2.05, 4.69) is 10.0 Å². The second-order valence-corrected chi connectivity index (χ2v) is 9.42. The van der Waals surface area contributed by atoms with Crippen molar-refractivity contribution in [3.63, 3.8) is 0 Å². The molecule has 2 aromatic rings. The van der Waals surface area contributed by atoms with Gasteiger partial charge in [-0.15, -0.1) is 0 Å². The molecular formula is C22H28N2O6S. The SMILES string of the molecule is CC(C)CC(NC(CCNS(=O)(=O)c1ccc(-c2ccccc2)cc1)C(=O)O)C(=O)O. The van der Waals surface area contributed by atoms with E-state index >= 15 is 0 Å². The highest BCUT2D eigenvalue weighted by Gasteiger charge is 2.27. The van der Waals surface area contributed by atoms with E-state index in [0.717, 1.165) is 11.1 Å². The quantitative estimate of drug-likeness (QED) is 0.392. The van der Waals surface area contributed by atoms with E-state index < -0.39 is 34.0 Å². The van der Waals surface area contributed by atoms with Crippen LogP contribution in [0.4, 0.5) is 0 Å². The largest absolute Gasteiger partial charge is 0.480 e. The molecule has 0 spiro atoms. The first-order valence-corrected chi connectivity index (χ1v) is 11.4. The lowest BCUT2D eigenvalue weighted by Gasteiger charge is -2.21. The van der Waals surface area contributed by atoms with Crippen molar-refractivity contribution in [3.05, 3.63) is 54.6 Å². The van der Waals surface area contributed by atoms with Crippen LogP contribution >= 0.6 is 0 Å².